The number of ether oxygens (including phenoxy) is 2. The van der Waals surface area contributed by atoms with Crippen LogP contribution in [-0.2, 0) is 12.6 Å². The zero-order valence-electron chi connectivity index (χ0n) is 13.5. The summed E-state index contributed by atoms with van der Waals surface area (Å²) in [6.45, 7) is 0. The molecule has 0 atom stereocenters. The zero-order valence-corrected chi connectivity index (χ0v) is 13.5. The molecule has 2 aromatic heterocycles. The first-order valence-corrected chi connectivity index (χ1v) is 7.32. The second-order valence-corrected chi connectivity index (χ2v) is 5.25. The van der Waals surface area contributed by atoms with Crippen LogP contribution in [0.3, 0.4) is 0 Å². The van der Waals surface area contributed by atoms with Gasteiger partial charge in [0.1, 0.15) is 0 Å². The average Bonchev–Trinajstić information content (AvgIpc) is 2.60. The zero-order chi connectivity index (χ0) is 18.0. The van der Waals surface area contributed by atoms with Crippen LogP contribution in [0.1, 0.15) is 16.8 Å². The molecule has 0 saturated carbocycles. The molecule has 0 aliphatic heterocycles. The maximum atomic E-state index is 13.4. The van der Waals surface area contributed by atoms with Gasteiger partial charge in [0, 0.05) is 23.6 Å². The number of alkyl halides is 3. The van der Waals surface area contributed by atoms with Crippen LogP contribution in [0.5, 0.6) is 11.9 Å². The van der Waals surface area contributed by atoms with Crippen LogP contribution >= 0.6 is 0 Å². The molecule has 1 aromatic carbocycles. The monoisotopic (exact) mass is 349 g/mol. The Kier molecular flexibility index (Phi) is 4.43. The van der Waals surface area contributed by atoms with Gasteiger partial charge >= 0.3 is 12.2 Å². The fourth-order valence-electron chi connectivity index (χ4n) is 2.54. The third-order valence-electron chi connectivity index (χ3n) is 3.64. The Balaban J connectivity index is 2.10. The van der Waals surface area contributed by atoms with E-state index >= 15 is 0 Å². The minimum absolute atomic E-state index is 0.0349. The topological polar surface area (TPSA) is 57.1 Å². The maximum absolute atomic E-state index is 13.4. The molecule has 0 bridgehead atoms. The van der Waals surface area contributed by atoms with Gasteiger partial charge in [0.2, 0.25) is 5.88 Å². The van der Waals surface area contributed by atoms with Crippen LogP contribution in [0, 0.1) is 0 Å². The summed E-state index contributed by atoms with van der Waals surface area (Å²) in [4.78, 5) is 11.5. The van der Waals surface area contributed by atoms with Crippen LogP contribution in [0.25, 0.3) is 10.9 Å². The molecule has 0 amide bonds. The molecule has 3 rings (SSSR count). The number of halogens is 3. The molecule has 5 nitrogen and oxygen atoms in total. The lowest BCUT2D eigenvalue weighted by molar-refractivity contribution is -0.142. The third kappa shape index (κ3) is 3.47. The SMILES string of the molecule is COc1nc(OC)c(Cc2ccc3ncccc3c2)c(C(F)(F)F)n1. The van der Waals surface area contributed by atoms with Crippen molar-refractivity contribution in [3.05, 3.63) is 53.3 Å². The first kappa shape index (κ1) is 16.9. The van der Waals surface area contributed by atoms with Crippen molar-refractivity contribution in [3.8, 4) is 11.9 Å². The largest absolute Gasteiger partial charge is 0.481 e. The second-order valence-electron chi connectivity index (χ2n) is 5.25. The number of hydrogen-bond acceptors (Lipinski definition) is 5. The summed E-state index contributed by atoms with van der Waals surface area (Å²) in [5.41, 5.74) is 0.222. The van der Waals surface area contributed by atoms with Crippen molar-refractivity contribution in [3.63, 3.8) is 0 Å². The van der Waals surface area contributed by atoms with Crippen molar-refractivity contribution >= 4 is 10.9 Å². The Morgan fingerprint density at radius 1 is 1.04 bits per heavy atom. The summed E-state index contributed by atoms with van der Waals surface area (Å²) in [7, 11) is 2.46. The van der Waals surface area contributed by atoms with Crippen molar-refractivity contribution in [2.75, 3.05) is 14.2 Å². The predicted molar refractivity (Wildman–Crippen MR) is 84.7 cm³/mol. The van der Waals surface area contributed by atoms with Crippen LogP contribution in [0.2, 0.25) is 0 Å². The Bertz CT molecular complexity index is 913. The summed E-state index contributed by atoms with van der Waals surface area (Å²) >= 11 is 0. The number of fused-ring (bicyclic) bond motifs is 1. The van der Waals surface area contributed by atoms with Gasteiger partial charge < -0.3 is 9.47 Å². The van der Waals surface area contributed by atoms with E-state index in [9.17, 15) is 13.2 Å². The van der Waals surface area contributed by atoms with E-state index in [1.807, 2.05) is 6.07 Å². The first-order valence-electron chi connectivity index (χ1n) is 7.32. The van der Waals surface area contributed by atoms with E-state index in [1.54, 1.807) is 30.5 Å². The van der Waals surface area contributed by atoms with Gasteiger partial charge in [0.25, 0.3) is 0 Å². The smallest absolute Gasteiger partial charge is 0.434 e. The van der Waals surface area contributed by atoms with Crippen LogP contribution < -0.4 is 9.47 Å². The van der Waals surface area contributed by atoms with Gasteiger partial charge in [-0.25, -0.2) is 0 Å². The van der Waals surface area contributed by atoms with Gasteiger partial charge in [-0.05, 0) is 23.8 Å². The Morgan fingerprint density at radius 3 is 2.52 bits per heavy atom. The number of hydrogen-bond donors (Lipinski definition) is 0. The van der Waals surface area contributed by atoms with Crippen molar-refractivity contribution in [2.24, 2.45) is 0 Å². The van der Waals surface area contributed by atoms with Crippen molar-refractivity contribution in [2.45, 2.75) is 12.6 Å². The molecular weight excluding hydrogens is 335 g/mol. The molecule has 0 unspecified atom stereocenters. The average molecular weight is 349 g/mol. The molecular formula is C17H14F3N3O2. The number of methoxy groups -OCH3 is 2. The highest BCUT2D eigenvalue weighted by molar-refractivity contribution is 5.79. The predicted octanol–water partition coefficient (Wildman–Crippen LogP) is 3.65. The maximum Gasteiger partial charge on any atom is 0.434 e. The summed E-state index contributed by atoms with van der Waals surface area (Å²) in [5.74, 6) is -0.162. The number of pyridine rings is 1. The molecule has 0 aliphatic rings. The minimum atomic E-state index is -4.66. The molecule has 130 valence electrons. The summed E-state index contributed by atoms with van der Waals surface area (Å²) in [6.07, 6.45) is -3.03. The summed E-state index contributed by atoms with van der Waals surface area (Å²) < 4.78 is 50.1. The lowest BCUT2D eigenvalue weighted by Crippen LogP contribution is -2.15. The number of rotatable bonds is 4. The molecule has 0 spiro atoms. The normalized spacial score (nSPS) is 11.6. The molecule has 3 aromatic rings. The van der Waals surface area contributed by atoms with Gasteiger partial charge in [0.05, 0.1) is 19.7 Å². The minimum Gasteiger partial charge on any atom is -0.481 e. The lowest BCUT2D eigenvalue weighted by atomic mass is 10.0. The van der Waals surface area contributed by atoms with E-state index in [1.165, 1.54) is 14.2 Å². The van der Waals surface area contributed by atoms with Gasteiger partial charge in [0.15, 0.2) is 5.69 Å². The van der Waals surface area contributed by atoms with Gasteiger partial charge in [-0.1, -0.05) is 12.1 Å². The van der Waals surface area contributed by atoms with Gasteiger partial charge in [-0.15, -0.1) is 0 Å². The molecule has 0 radical (unpaired) electrons. The van der Waals surface area contributed by atoms with Crippen molar-refractivity contribution in [1.82, 2.24) is 15.0 Å². The van der Waals surface area contributed by atoms with E-state index in [0.717, 1.165) is 10.9 Å². The number of aromatic nitrogens is 3. The standard InChI is InChI=1S/C17H14F3N3O2/c1-24-15-12(14(17(18,19)20)22-16(23-15)25-2)9-10-5-6-13-11(8-10)4-3-7-21-13/h3-8H,9H2,1-2H3. The van der Waals surface area contributed by atoms with E-state index in [2.05, 4.69) is 15.0 Å². The molecule has 8 heteroatoms. The first-order chi connectivity index (χ1) is 11.9. The quantitative estimate of drug-likeness (QED) is 0.720. The molecule has 25 heavy (non-hydrogen) atoms. The Morgan fingerprint density at radius 2 is 1.84 bits per heavy atom. The molecule has 0 fully saturated rings. The number of nitrogens with zero attached hydrogens (tertiary/aromatic N) is 3. The molecule has 2 heterocycles. The molecule has 0 aliphatic carbocycles. The second kappa shape index (κ2) is 6.54. The molecule has 0 N–H and O–H groups in total. The van der Waals surface area contributed by atoms with E-state index in [0.29, 0.717) is 5.56 Å². The highest BCUT2D eigenvalue weighted by Gasteiger charge is 2.38. The fourth-order valence-corrected chi connectivity index (χ4v) is 2.54. The fraction of sp³-hybridized carbons (Fsp3) is 0.235. The van der Waals surface area contributed by atoms with E-state index < -0.39 is 17.9 Å². The van der Waals surface area contributed by atoms with Gasteiger partial charge in [-0.3, -0.25) is 4.98 Å². The van der Waals surface area contributed by atoms with Crippen LogP contribution in [0.4, 0.5) is 13.2 Å². The van der Waals surface area contributed by atoms with E-state index in [4.69, 9.17) is 9.47 Å². The number of benzene rings is 1. The van der Waals surface area contributed by atoms with Crippen molar-refractivity contribution in [1.29, 1.82) is 0 Å². The van der Waals surface area contributed by atoms with Crippen molar-refractivity contribution < 1.29 is 22.6 Å². The van der Waals surface area contributed by atoms with Crippen LogP contribution in [-0.4, -0.2) is 29.2 Å². The third-order valence-corrected chi connectivity index (χ3v) is 3.64. The van der Waals surface area contributed by atoms with E-state index in [-0.39, 0.29) is 17.9 Å². The van der Waals surface area contributed by atoms with Gasteiger partial charge in [-0.2, -0.15) is 23.1 Å². The lowest BCUT2D eigenvalue weighted by Gasteiger charge is -2.15. The Hall–Kier alpha value is -2.90. The van der Waals surface area contributed by atoms with Crippen LogP contribution in [0.15, 0.2) is 36.5 Å². The highest BCUT2D eigenvalue weighted by Crippen LogP contribution is 2.36. The highest BCUT2D eigenvalue weighted by atomic mass is 19.4. The summed E-state index contributed by atoms with van der Waals surface area (Å²) in [5, 5.41) is 0.835. The molecule has 0 saturated heterocycles. The summed E-state index contributed by atoms with van der Waals surface area (Å²) in [6, 6.07) is 8.48. The Labute approximate surface area is 141 Å².